The first-order chi connectivity index (χ1) is 11.4. The van der Waals surface area contributed by atoms with E-state index >= 15 is 0 Å². The van der Waals surface area contributed by atoms with Gasteiger partial charge in [0.15, 0.2) is 0 Å². The van der Waals surface area contributed by atoms with Gasteiger partial charge in [-0.15, -0.1) is 0 Å². The largest absolute Gasteiger partial charge is 0.371 e. The highest BCUT2D eigenvalue weighted by molar-refractivity contribution is 6.03. The van der Waals surface area contributed by atoms with Crippen molar-refractivity contribution in [2.45, 2.75) is 40.3 Å². The molecule has 3 amide bonds. The number of nitrogens with one attached hydrogen (secondary N) is 3. The van der Waals surface area contributed by atoms with Crippen LogP contribution >= 0.6 is 0 Å². The minimum absolute atomic E-state index is 0.415. The minimum atomic E-state index is -0.565. The van der Waals surface area contributed by atoms with Crippen molar-refractivity contribution >= 4 is 23.3 Å². The average molecular weight is 329 g/mol. The summed E-state index contributed by atoms with van der Waals surface area (Å²) in [4.78, 5) is 24.1. The molecular weight excluding hydrogens is 306 g/mol. The summed E-state index contributed by atoms with van der Waals surface area (Å²) in [6.45, 7) is 8.29. The Bertz CT molecular complexity index is 738. The normalized spacial score (nSPS) is 11.7. The number of aromatic nitrogens is 2. The summed E-state index contributed by atoms with van der Waals surface area (Å²) >= 11 is 0. The van der Waals surface area contributed by atoms with Gasteiger partial charge in [0.25, 0.3) is 0 Å². The van der Waals surface area contributed by atoms with Gasteiger partial charge in [0.05, 0.1) is 11.9 Å². The van der Waals surface area contributed by atoms with Crippen LogP contribution in [0.5, 0.6) is 0 Å². The number of rotatable bonds is 5. The number of hydrogen-bond donors (Lipinski definition) is 3. The lowest BCUT2D eigenvalue weighted by molar-refractivity contribution is -0.120. The van der Waals surface area contributed by atoms with Crippen LogP contribution in [-0.4, -0.2) is 27.8 Å². The fourth-order valence-corrected chi connectivity index (χ4v) is 2.25. The minimum Gasteiger partial charge on any atom is -0.371 e. The molecule has 0 aliphatic carbocycles. The molecule has 0 aliphatic rings. The molecule has 0 unspecified atom stereocenters. The Balaban J connectivity index is 1.89. The Morgan fingerprint density at radius 1 is 1.29 bits per heavy atom. The third kappa shape index (κ3) is 4.58. The summed E-state index contributed by atoms with van der Waals surface area (Å²) in [7, 11) is 0. The second-order valence-electron chi connectivity index (χ2n) is 5.71. The Kier molecular flexibility index (Phi) is 5.57. The van der Waals surface area contributed by atoms with Crippen molar-refractivity contribution in [2.24, 2.45) is 0 Å². The molecule has 2 aromatic rings. The van der Waals surface area contributed by atoms with Crippen LogP contribution in [0.2, 0.25) is 0 Å². The summed E-state index contributed by atoms with van der Waals surface area (Å²) in [5.74, 6) is -0.415. The molecule has 2 rings (SSSR count). The zero-order valence-electron chi connectivity index (χ0n) is 14.4. The van der Waals surface area contributed by atoms with Crippen LogP contribution in [-0.2, 0) is 11.3 Å². The number of benzene rings is 1. The quantitative estimate of drug-likeness (QED) is 0.787. The van der Waals surface area contributed by atoms with Crippen LogP contribution in [0.3, 0.4) is 0 Å². The number of amides is 3. The van der Waals surface area contributed by atoms with Crippen molar-refractivity contribution in [3.05, 3.63) is 41.7 Å². The van der Waals surface area contributed by atoms with Crippen LogP contribution in [0, 0.1) is 13.8 Å². The van der Waals surface area contributed by atoms with E-state index in [0.29, 0.717) is 5.69 Å². The second-order valence-corrected chi connectivity index (χ2v) is 5.71. The molecule has 0 aliphatic heterocycles. The molecule has 7 nitrogen and oxygen atoms in total. The maximum atomic E-state index is 12.1. The van der Waals surface area contributed by atoms with Gasteiger partial charge in [-0.3, -0.25) is 14.8 Å². The van der Waals surface area contributed by atoms with E-state index in [1.54, 1.807) is 24.0 Å². The van der Waals surface area contributed by atoms with E-state index in [1.165, 1.54) is 0 Å². The lowest BCUT2D eigenvalue weighted by atomic mass is 10.1. The van der Waals surface area contributed by atoms with E-state index in [9.17, 15) is 9.59 Å². The zero-order chi connectivity index (χ0) is 17.7. The summed E-state index contributed by atoms with van der Waals surface area (Å²) in [5.41, 5.74) is 3.46. The first-order valence-electron chi connectivity index (χ1n) is 7.87. The van der Waals surface area contributed by atoms with Crippen LogP contribution in [0.4, 0.5) is 16.2 Å². The molecule has 1 aromatic heterocycles. The van der Waals surface area contributed by atoms with E-state index in [-0.39, 0.29) is 0 Å². The predicted octanol–water partition coefficient (Wildman–Crippen LogP) is 2.67. The van der Waals surface area contributed by atoms with Gasteiger partial charge < -0.3 is 10.6 Å². The highest BCUT2D eigenvalue weighted by Crippen LogP contribution is 2.15. The zero-order valence-corrected chi connectivity index (χ0v) is 14.4. The average Bonchev–Trinajstić information content (AvgIpc) is 2.97. The van der Waals surface area contributed by atoms with Crippen LogP contribution in [0.25, 0.3) is 0 Å². The van der Waals surface area contributed by atoms with Crippen molar-refractivity contribution in [3.8, 4) is 0 Å². The summed E-state index contributed by atoms with van der Waals surface area (Å²) in [6.07, 6.45) is 3.45. The fraction of sp³-hybridized carbons (Fsp3) is 0.353. The van der Waals surface area contributed by atoms with Crippen LogP contribution in [0.1, 0.15) is 25.0 Å². The van der Waals surface area contributed by atoms with Crippen molar-refractivity contribution in [3.63, 3.8) is 0 Å². The number of nitrogens with zero attached hydrogens (tertiary/aromatic N) is 2. The first kappa shape index (κ1) is 17.5. The third-order valence-corrected chi connectivity index (χ3v) is 3.60. The fourth-order valence-electron chi connectivity index (χ4n) is 2.25. The van der Waals surface area contributed by atoms with Gasteiger partial charge in [-0.25, -0.2) is 4.79 Å². The number of carbonyl (C=O) groups excluding carboxylic acids is 2. The smallest absolute Gasteiger partial charge is 0.325 e. The molecule has 0 radical (unpaired) electrons. The monoisotopic (exact) mass is 329 g/mol. The summed E-state index contributed by atoms with van der Waals surface area (Å²) in [5, 5.41) is 12.2. The molecule has 0 spiro atoms. The molecule has 24 heavy (non-hydrogen) atoms. The maximum absolute atomic E-state index is 12.1. The van der Waals surface area contributed by atoms with E-state index < -0.39 is 18.0 Å². The van der Waals surface area contributed by atoms with Gasteiger partial charge in [-0.05, 0) is 39.3 Å². The van der Waals surface area contributed by atoms with Gasteiger partial charge in [0.2, 0.25) is 5.91 Å². The number of anilines is 2. The second kappa shape index (κ2) is 7.63. The molecule has 1 atom stereocenters. The number of hydrogen-bond acceptors (Lipinski definition) is 4. The molecular formula is C17H23N5O2. The van der Waals surface area contributed by atoms with Crippen LogP contribution < -0.4 is 16.0 Å². The SMILES string of the molecule is CCn1cc(N[C@H](C)C(=O)NC(=O)Nc2ccc(C)cc2C)cn1. The molecule has 3 N–H and O–H groups in total. The number of imide groups is 1. The summed E-state index contributed by atoms with van der Waals surface area (Å²) in [6, 6.07) is 4.57. The van der Waals surface area contributed by atoms with Gasteiger partial charge in [0, 0.05) is 18.4 Å². The lowest BCUT2D eigenvalue weighted by Crippen LogP contribution is -2.43. The van der Waals surface area contributed by atoms with Crippen molar-refractivity contribution < 1.29 is 9.59 Å². The predicted molar refractivity (Wildman–Crippen MR) is 94.1 cm³/mol. The third-order valence-electron chi connectivity index (χ3n) is 3.60. The topological polar surface area (TPSA) is 88.0 Å². The summed E-state index contributed by atoms with van der Waals surface area (Å²) < 4.78 is 1.75. The van der Waals surface area contributed by atoms with Gasteiger partial charge in [-0.1, -0.05) is 17.7 Å². The van der Waals surface area contributed by atoms with E-state index in [1.807, 2.05) is 39.0 Å². The molecule has 0 fully saturated rings. The standard InChI is InChI=1S/C17H23N5O2/c1-5-22-10-14(9-18-22)19-13(4)16(23)21-17(24)20-15-7-6-11(2)8-12(15)3/h6-10,13,19H,5H2,1-4H3,(H2,20,21,23,24)/t13-/m1/s1. The molecule has 7 heteroatoms. The Hall–Kier alpha value is -2.83. The molecule has 1 heterocycles. The van der Waals surface area contributed by atoms with Gasteiger partial charge >= 0.3 is 6.03 Å². The van der Waals surface area contributed by atoms with Gasteiger partial charge in [0.1, 0.15) is 6.04 Å². The highest BCUT2D eigenvalue weighted by Gasteiger charge is 2.16. The van der Waals surface area contributed by atoms with Crippen LogP contribution in [0.15, 0.2) is 30.6 Å². The Labute approximate surface area is 141 Å². The molecule has 1 aromatic carbocycles. The maximum Gasteiger partial charge on any atom is 0.325 e. The Morgan fingerprint density at radius 2 is 2.04 bits per heavy atom. The van der Waals surface area contributed by atoms with Gasteiger partial charge in [-0.2, -0.15) is 5.10 Å². The molecule has 0 saturated heterocycles. The molecule has 0 bridgehead atoms. The van der Waals surface area contributed by atoms with Crippen molar-refractivity contribution in [2.75, 3.05) is 10.6 Å². The Morgan fingerprint density at radius 3 is 2.67 bits per heavy atom. The van der Waals surface area contributed by atoms with Crippen molar-refractivity contribution in [1.82, 2.24) is 15.1 Å². The lowest BCUT2D eigenvalue weighted by Gasteiger charge is -2.14. The van der Waals surface area contributed by atoms with Crippen molar-refractivity contribution in [1.29, 1.82) is 0 Å². The molecule has 0 saturated carbocycles. The van der Waals surface area contributed by atoms with E-state index in [2.05, 4.69) is 21.0 Å². The number of carbonyl (C=O) groups is 2. The molecule has 128 valence electrons. The number of urea groups is 1. The van der Waals surface area contributed by atoms with E-state index in [4.69, 9.17) is 0 Å². The highest BCUT2D eigenvalue weighted by atomic mass is 16.2. The first-order valence-corrected chi connectivity index (χ1v) is 7.87. The van der Waals surface area contributed by atoms with E-state index in [0.717, 1.165) is 23.4 Å². The number of aryl methyl sites for hydroxylation is 3.